The Balaban J connectivity index is 2.19. The zero-order chi connectivity index (χ0) is 19.3. The van der Waals surface area contributed by atoms with Crippen LogP contribution in [-0.2, 0) is 14.4 Å². The maximum atomic E-state index is 13.5. The van der Waals surface area contributed by atoms with Gasteiger partial charge in [-0.2, -0.15) is 0 Å². The van der Waals surface area contributed by atoms with E-state index in [0.717, 1.165) is 12.1 Å². The smallest absolute Gasteiger partial charge is 0.246 e. The minimum atomic E-state index is -1.17. The molecular formula is C18H23F2N3O3. The van der Waals surface area contributed by atoms with Crippen molar-refractivity contribution in [2.75, 3.05) is 13.6 Å². The molecule has 0 bridgehead atoms. The van der Waals surface area contributed by atoms with Crippen molar-refractivity contribution in [3.63, 3.8) is 0 Å². The van der Waals surface area contributed by atoms with Gasteiger partial charge in [-0.05, 0) is 37.0 Å². The molecule has 1 fully saturated rings. The Morgan fingerprint density at radius 1 is 1.27 bits per heavy atom. The summed E-state index contributed by atoms with van der Waals surface area (Å²) in [5.41, 5.74) is 0.126. The zero-order valence-electron chi connectivity index (χ0n) is 14.9. The van der Waals surface area contributed by atoms with Gasteiger partial charge < -0.3 is 15.5 Å². The summed E-state index contributed by atoms with van der Waals surface area (Å²) in [5, 5.41) is 4.96. The zero-order valence-corrected chi connectivity index (χ0v) is 14.9. The highest BCUT2D eigenvalue weighted by Crippen LogP contribution is 2.22. The molecule has 26 heavy (non-hydrogen) atoms. The van der Waals surface area contributed by atoms with Gasteiger partial charge in [0.05, 0.1) is 0 Å². The summed E-state index contributed by atoms with van der Waals surface area (Å²) >= 11 is 0. The van der Waals surface area contributed by atoms with Crippen LogP contribution in [0.15, 0.2) is 18.2 Å². The Bertz CT molecular complexity index is 696. The van der Waals surface area contributed by atoms with Crippen molar-refractivity contribution in [3.8, 4) is 0 Å². The number of carbonyl (C=O) groups is 3. The lowest BCUT2D eigenvalue weighted by Gasteiger charge is -2.26. The standard InChI is InChI=1S/C18H23F2N3O3/c1-3-5-15(24)23-9-4-6-14(23)17(25)22-16(18(26)21-2)11-7-8-12(19)13(20)10-11/h7-8,10,14,16H,3-6,9H2,1-2H3,(H,21,26)(H,22,25). The summed E-state index contributed by atoms with van der Waals surface area (Å²) < 4.78 is 26.7. The summed E-state index contributed by atoms with van der Waals surface area (Å²) in [5.74, 6) is -3.29. The first-order valence-corrected chi connectivity index (χ1v) is 8.65. The molecule has 1 heterocycles. The predicted octanol–water partition coefficient (Wildman–Crippen LogP) is 1.66. The number of rotatable bonds is 6. The van der Waals surface area contributed by atoms with Crippen LogP contribution in [0.2, 0.25) is 0 Å². The van der Waals surface area contributed by atoms with Crippen LogP contribution in [0.25, 0.3) is 0 Å². The normalized spacial score (nSPS) is 17.7. The van der Waals surface area contributed by atoms with E-state index in [1.54, 1.807) is 0 Å². The topological polar surface area (TPSA) is 78.5 Å². The molecule has 0 aliphatic carbocycles. The van der Waals surface area contributed by atoms with Gasteiger partial charge in [-0.1, -0.05) is 13.0 Å². The molecule has 1 saturated heterocycles. The summed E-state index contributed by atoms with van der Waals surface area (Å²) in [4.78, 5) is 38.5. The van der Waals surface area contributed by atoms with Crippen molar-refractivity contribution in [1.29, 1.82) is 0 Å². The molecule has 142 valence electrons. The van der Waals surface area contributed by atoms with Crippen molar-refractivity contribution < 1.29 is 23.2 Å². The molecule has 2 N–H and O–H groups in total. The van der Waals surface area contributed by atoms with Crippen LogP contribution in [0.4, 0.5) is 8.78 Å². The second-order valence-electron chi connectivity index (χ2n) is 6.22. The molecule has 0 radical (unpaired) electrons. The van der Waals surface area contributed by atoms with Gasteiger partial charge in [-0.15, -0.1) is 0 Å². The number of halogens is 2. The quantitative estimate of drug-likeness (QED) is 0.803. The van der Waals surface area contributed by atoms with Gasteiger partial charge in [0, 0.05) is 20.0 Å². The number of hydrogen-bond acceptors (Lipinski definition) is 3. The summed E-state index contributed by atoms with van der Waals surface area (Å²) in [6, 6.07) is 1.19. The first kappa shape index (κ1) is 19.8. The van der Waals surface area contributed by atoms with Crippen molar-refractivity contribution >= 4 is 17.7 Å². The van der Waals surface area contributed by atoms with E-state index >= 15 is 0 Å². The van der Waals surface area contributed by atoms with Crippen LogP contribution in [0.3, 0.4) is 0 Å². The van der Waals surface area contributed by atoms with Crippen molar-refractivity contribution in [2.45, 2.75) is 44.7 Å². The molecule has 2 rings (SSSR count). The molecular weight excluding hydrogens is 344 g/mol. The number of benzene rings is 1. The molecule has 0 aromatic heterocycles. The fourth-order valence-electron chi connectivity index (χ4n) is 3.07. The van der Waals surface area contributed by atoms with E-state index in [0.29, 0.717) is 32.2 Å². The second kappa shape index (κ2) is 8.73. The Labute approximate surface area is 150 Å². The fourth-order valence-corrected chi connectivity index (χ4v) is 3.07. The van der Waals surface area contributed by atoms with Crippen LogP contribution in [0.5, 0.6) is 0 Å². The molecule has 2 unspecified atom stereocenters. The number of amides is 3. The number of nitrogens with one attached hydrogen (secondary N) is 2. The number of nitrogens with zero attached hydrogens (tertiary/aromatic N) is 1. The van der Waals surface area contributed by atoms with Crippen LogP contribution < -0.4 is 10.6 Å². The van der Waals surface area contributed by atoms with Crippen LogP contribution in [0.1, 0.15) is 44.2 Å². The van der Waals surface area contributed by atoms with Gasteiger partial charge in [0.1, 0.15) is 12.1 Å². The van der Waals surface area contributed by atoms with Crippen LogP contribution in [-0.4, -0.2) is 42.3 Å². The minimum absolute atomic E-state index is 0.102. The van der Waals surface area contributed by atoms with Crippen LogP contribution in [0, 0.1) is 11.6 Å². The molecule has 2 atom stereocenters. The van der Waals surface area contributed by atoms with E-state index in [2.05, 4.69) is 10.6 Å². The predicted molar refractivity (Wildman–Crippen MR) is 91.0 cm³/mol. The molecule has 1 aliphatic heterocycles. The number of likely N-dealkylation sites (tertiary alicyclic amines) is 1. The monoisotopic (exact) mass is 367 g/mol. The number of carbonyl (C=O) groups excluding carboxylic acids is 3. The molecule has 1 aromatic rings. The average molecular weight is 367 g/mol. The first-order chi connectivity index (χ1) is 12.4. The number of likely N-dealkylation sites (N-methyl/N-ethyl adjacent to an activating group) is 1. The molecule has 3 amide bonds. The van der Waals surface area contributed by atoms with Crippen molar-refractivity contribution in [2.24, 2.45) is 0 Å². The Hall–Kier alpha value is -2.51. The first-order valence-electron chi connectivity index (χ1n) is 8.65. The summed E-state index contributed by atoms with van der Waals surface area (Å²) in [7, 11) is 1.38. The summed E-state index contributed by atoms with van der Waals surface area (Å²) in [6.07, 6.45) is 2.23. The largest absolute Gasteiger partial charge is 0.357 e. The molecule has 1 aliphatic rings. The number of hydrogen-bond donors (Lipinski definition) is 2. The van der Waals surface area contributed by atoms with E-state index in [1.165, 1.54) is 18.0 Å². The third-order valence-corrected chi connectivity index (χ3v) is 4.41. The Morgan fingerprint density at radius 2 is 2.00 bits per heavy atom. The van der Waals surface area contributed by atoms with Gasteiger partial charge >= 0.3 is 0 Å². The summed E-state index contributed by atoms with van der Waals surface area (Å²) in [6.45, 7) is 2.38. The Kier molecular flexibility index (Phi) is 6.65. The van der Waals surface area contributed by atoms with Crippen LogP contribution >= 0.6 is 0 Å². The molecule has 1 aromatic carbocycles. The maximum absolute atomic E-state index is 13.5. The van der Waals surface area contributed by atoms with E-state index in [4.69, 9.17) is 0 Å². The molecule has 8 heteroatoms. The minimum Gasteiger partial charge on any atom is -0.357 e. The lowest BCUT2D eigenvalue weighted by molar-refractivity contribution is -0.139. The van der Waals surface area contributed by atoms with Gasteiger partial charge in [0.25, 0.3) is 0 Å². The lowest BCUT2D eigenvalue weighted by atomic mass is 10.0. The van der Waals surface area contributed by atoms with Gasteiger partial charge in [-0.25, -0.2) is 8.78 Å². The maximum Gasteiger partial charge on any atom is 0.246 e. The third-order valence-electron chi connectivity index (χ3n) is 4.41. The van der Waals surface area contributed by atoms with Gasteiger partial charge in [0.2, 0.25) is 17.7 Å². The van der Waals surface area contributed by atoms with E-state index < -0.39 is 35.5 Å². The molecule has 0 spiro atoms. The van der Waals surface area contributed by atoms with Gasteiger partial charge in [-0.3, -0.25) is 14.4 Å². The lowest BCUT2D eigenvalue weighted by Crippen LogP contribution is -2.49. The van der Waals surface area contributed by atoms with E-state index in [9.17, 15) is 23.2 Å². The fraction of sp³-hybridized carbons (Fsp3) is 0.500. The highest BCUT2D eigenvalue weighted by molar-refractivity contribution is 5.92. The average Bonchev–Trinajstić information content (AvgIpc) is 3.11. The second-order valence-corrected chi connectivity index (χ2v) is 6.22. The van der Waals surface area contributed by atoms with Crippen molar-refractivity contribution in [3.05, 3.63) is 35.4 Å². The van der Waals surface area contributed by atoms with Crippen molar-refractivity contribution in [1.82, 2.24) is 15.5 Å². The SMILES string of the molecule is CCCC(=O)N1CCCC1C(=O)NC(C(=O)NC)c1ccc(F)c(F)c1. The molecule has 0 saturated carbocycles. The third kappa shape index (κ3) is 4.36. The van der Waals surface area contributed by atoms with Gasteiger partial charge in [0.15, 0.2) is 11.6 Å². The van der Waals surface area contributed by atoms with E-state index in [1.807, 2.05) is 6.92 Å². The molecule has 6 nitrogen and oxygen atoms in total. The highest BCUT2D eigenvalue weighted by atomic mass is 19.2. The Morgan fingerprint density at radius 3 is 2.62 bits per heavy atom. The van der Waals surface area contributed by atoms with E-state index in [-0.39, 0.29) is 11.5 Å². The highest BCUT2D eigenvalue weighted by Gasteiger charge is 2.35.